The second-order valence-electron chi connectivity index (χ2n) is 7.47. The van der Waals surface area contributed by atoms with Gasteiger partial charge in [0.25, 0.3) is 0 Å². The van der Waals surface area contributed by atoms with Crippen LogP contribution in [0.25, 0.3) is 10.9 Å². The van der Waals surface area contributed by atoms with E-state index in [2.05, 4.69) is 14.8 Å². The molecule has 1 N–H and O–H groups in total. The van der Waals surface area contributed by atoms with Crippen molar-refractivity contribution in [3.05, 3.63) is 65.3 Å². The molecule has 0 amide bonds. The highest BCUT2D eigenvalue weighted by Gasteiger charge is 2.27. The molecule has 0 radical (unpaired) electrons. The first-order valence-corrected chi connectivity index (χ1v) is 10.4. The monoisotopic (exact) mass is 411 g/mol. The highest BCUT2D eigenvalue weighted by molar-refractivity contribution is 6.30. The Balaban J connectivity index is 1.26. The van der Waals surface area contributed by atoms with Crippen molar-refractivity contribution in [2.75, 3.05) is 39.3 Å². The number of nitrogens with one attached hydrogen (secondary N) is 1. The number of carbonyl (C=O) groups is 1. The fourth-order valence-electron chi connectivity index (χ4n) is 3.86. The average Bonchev–Trinajstić information content (AvgIpc) is 3.19. The van der Waals surface area contributed by atoms with Crippen molar-refractivity contribution in [1.29, 1.82) is 0 Å². The van der Waals surface area contributed by atoms with Crippen LogP contribution in [0.2, 0.25) is 5.02 Å². The van der Waals surface area contributed by atoms with Gasteiger partial charge >= 0.3 is 0 Å². The zero-order valence-corrected chi connectivity index (χ0v) is 17.4. The molecule has 152 valence electrons. The average molecular weight is 412 g/mol. The Morgan fingerprint density at radius 3 is 2.59 bits per heavy atom. The summed E-state index contributed by atoms with van der Waals surface area (Å²) in [7, 11) is 0. The summed E-state index contributed by atoms with van der Waals surface area (Å²) in [5.41, 5.74) is 1.79. The van der Waals surface area contributed by atoms with Crippen LogP contribution in [0.5, 0.6) is 5.75 Å². The van der Waals surface area contributed by atoms with E-state index in [4.69, 9.17) is 16.3 Å². The molecule has 2 aromatic carbocycles. The molecule has 1 aliphatic heterocycles. The lowest BCUT2D eigenvalue weighted by Crippen LogP contribution is -2.52. The molecule has 3 aromatic rings. The predicted octanol–water partition coefficient (Wildman–Crippen LogP) is 4.09. The predicted molar refractivity (Wildman–Crippen MR) is 117 cm³/mol. The summed E-state index contributed by atoms with van der Waals surface area (Å²) < 4.78 is 5.79. The molecule has 0 unspecified atom stereocenters. The van der Waals surface area contributed by atoms with Crippen molar-refractivity contribution in [2.24, 2.45) is 0 Å². The Bertz CT molecular complexity index is 962. The van der Waals surface area contributed by atoms with Gasteiger partial charge in [-0.1, -0.05) is 29.8 Å². The molecule has 2 heterocycles. The van der Waals surface area contributed by atoms with Crippen LogP contribution in [-0.4, -0.2) is 65.9 Å². The maximum Gasteiger partial charge on any atom is 0.181 e. The number of Topliss-reactive ketones (excluding diaryl/α,β-unsaturated/α-hetero) is 1. The lowest BCUT2D eigenvalue weighted by atomic mass is 10.0. The van der Waals surface area contributed by atoms with Crippen molar-refractivity contribution >= 4 is 28.3 Å². The third-order valence-electron chi connectivity index (χ3n) is 5.68. The number of carbonyl (C=O) groups excluding carboxylic acids is 1. The number of para-hydroxylation sites is 1. The summed E-state index contributed by atoms with van der Waals surface area (Å²) in [4.78, 5) is 20.9. The number of nitrogens with zero attached hydrogens (tertiary/aromatic N) is 2. The highest BCUT2D eigenvalue weighted by atomic mass is 35.5. The van der Waals surface area contributed by atoms with E-state index in [0.29, 0.717) is 11.6 Å². The van der Waals surface area contributed by atoms with E-state index in [1.165, 1.54) is 0 Å². The van der Waals surface area contributed by atoms with Crippen molar-refractivity contribution in [1.82, 2.24) is 14.8 Å². The first kappa shape index (κ1) is 20.0. The number of aromatic amines is 1. The van der Waals surface area contributed by atoms with Crippen LogP contribution in [0.3, 0.4) is 0 Å². The number of hydrogen-bond acceptors (Lipinski definition) is 4. The largest absolute Gasteiger partial charge is 0.492 e. The van der Waals surface area contributed by atoms with Crippen LogP contribution in [0, 0.1) is 0 Å². The third kappa shape index (κ3) is 4.64. The molecule has 0 aliphatic carbocycles. The Hall–Kier alpha value is -2.34. The van der Waals surface area contributed by atoms with Gasteiger partial charge in [-0.05, 0) is 37.3 Å². The Morgan fingerprint density at radius 1 is 1.10 bits per heavy atom. The zero-order valence-electron chi connectivity index (χ0n) is 16.6. The van der Waals surface area contributed by atoms with Gasteiger partial charge in [0.1, 0.15) is 12.4 Å². The molecule has 1 aromatic heterocycles. The molecule has 29 heavy (non-hydrogen) atoms. The molecular weight excluding hydrogens is 386 g/mol. The summed E-state index contributed by atoms with van der Waals surface area (Å²) in [6, 6.07) is 15.3. The molecular formula is C23H26ClN3O2. The lowest BCUT2D eigenvalue weighted by molar-refractivity contribution is 0.0674. The van der Waals surface area contributed by atoms with Gasteiger partial charge in [0.2, 0.25) is 0 Å². The van der Waals surface area contributed by atoms with Crippen LogP contribution in [0.15, 0.2) is 54.7 Å². The minimum absolute atomic E-state index is 0.123. The quantitative estimate of drug-likeness (QED) is 0.595. The van der Waals surface area contributed by atoms with Gasteiger partial charge in [0, 0.05) is 60.4 Å². The standard InChI is InChI=1S/C23H26ClN3O2/c1-17(23(28)21-16-25-22-5-3-2-4-20(21)22)27-12-10-26(11-13-27)14-15-29-19-8-6-18(24)7-9-19/h2-9,16-17,25H,10-15H2,1H3/t17-/m0/s1. The number of rotatable bonds is 7. The van der Waals surface area contributed by atoms with Crippen LogP contribution in [0.1, 0.15) is 17.3 Å². The molecule has 4 rings (SSSR count). The number of halogens is 1. The van der Waals surface area contributed by atoms with Gasteiger partial charge in [-0.15, -0.1) is 0 Å². The first-order chi connectivity index (χ1) is 14.1. The van der Waals surface area contributed by atoms with Crippen molar-refractivity contribution < 1.29 is 9.53 Å². The number of H-pyrrole nitrogens is 1. The molecule has 0 saturated carbocycles. The number of hydrogen-bond donors (Lipinski definition) is 1. The molecule has 1 fully saturated rings. The Labute approximate surface area is 176 Å². The van der Waals surface area contributed by atoms with Crippen LogP contribution in [-0.2, 0) is 0 Å². The summed E-state index contributed by atoms with van der Waals surface area (Å²) >= 11 is 5.90. The van der Waals surface area contributed by atoms with E-state index in [9.17, 15) is 4.79 Å². The van der Waals surface area contributed by atoms with Gasteiger partial charge in [-0.25, -0.2) is 0 Å². The number of piperazine rings is 1. The summed E-state index contributed by atoms with van der Waals surface area (Å²) in [6.07, 6.45) is 1.84. The van der Waals surface area contributed by atoms with Gasteiger partial charge in [0.15, 0.2) is 5.78 Å². The summed E-state index contributed by atoms with van der Waals surface area (Å²) in [5.74, 6) is 1.02. The van der Waals surface area contributed by atoms with E-state index in [1.807, 2.05) is 61.7 Å². The maximum atomic E-state index is 13.0. The maximum absolute atomic E-state index is 13.0. The molecule has 1 saturated heterocycles. The minimum Gasteiger partial charge on any atom is -0.492 e. The van der Waals surface area contributed by atoms with Gasteiger partial charge in [-0.3, -0.25) is 14.6 Å². The van der Waals surface area contributed by atoms with Gasteiger partial charge < -0.3 is 9.72 Å². The smallest absolute Gasteiger partial charge is 0.181 e. The third-order valence-corrected chi connectivity index (χ3v) is 5.93. The fraction of sp³-hybridized carbons (Fsp3) is 0.348. The fourth-order valence-corrected chi connectivity index (χ4v) is 3.99. The second-order valence-corrected chi connectivity index (χ2v) is 7.90. The lowest BCUT2D eigenvalue weighted by Gasteiger charge is -2.37. The van der Waals surface area contributed by atoms with Crippen LogP contribution < -0.4 is 4.74 Å². The number of ketones is 1. The molecule has 6 heteroatoms. The topological polar surface area (TPSA) is 48.6 Å². The van der Waals surface area contributed by atoms with Crippen LogP contribution >= 0.6 is 11.6 Å². The molecule has 1 atom stereocenters. The van der Waals surface area contributed by atoms with E-state index in [0.717, 1.165) is 54.9 Å². The summed E-state index contributed by atoms with van der Waals surface area (Å²) in [5, 5.41) is 1.71. The molecule has 1 aliphatic rings. The van der Waals surface area contributed by atoms with Crippen molar-refractivity contribution in [2.45, 2.75) is 13.0 Å². The number of fused-ring (bicyclic) bond motifs is 1. The van der Waals surface area contributed by atoms with E-state index in [1.54, 1.807) is 0 Å². The van der Waals surface area contributed by atoms with E-state index in [-0.39, 0.29) is 11.8 Å². The SMILES string of the molecule is C[C@@H](C(=O)c1c[nH]c2ccccc12)N1CCN(CCOc2ccc(Cl)cc2)CC1. The van der Waals surface area contributed by atoms with Gasteiger partial charge in [-0.2, -0.15) is 0 Å². The highest BCUT2D eigenvalue weighted by Crippen LogP contribution is 2.21. The summed E-state index contributed by atoms with van der Waals surface area (Å²) in [6.45, 7) is 7.19. The molecule has 0 bridgehead atoms. The minimum atomic E-state index is -0.123. The normalized spacial score (nSPS) is 16.8. The molecule has 5 nitrogen and oxygen atoms in total. The Morgan fingerprint density at radius 2 is 1.83 bits per heavy atom. The molecule has 0 spiro atoms. The van der Waals surface area contributed by atoms with Crippen molar-refractivity contribution in [3.63, 3.8) is 0 Å². The first-order valence-electron chi connectivity index (χ1n) is 10.1. The van der Waals surface area contributed by atoms with Gasteiger partial charge in [0.05, 0.1) is 6.04 Å². The Kier molecular flexibility index (Phi) is 6.19. The van der Waals surface area contributed by atoms with E-state index < -0.39 is 0 Å². The van der Waals surface area contributed by atoms with E-state index >= 15 is 0 Å². The van der Waals surface area contributed by atoms with Crippen molar-refractivity contribution in [3.8, 4) is 5.75 Å². The van der Waals surface area contributed by atoms with Crippen LogP contribution in [0.4, 0.5) is 0 Å². The number of aromatic nitrogens is 1. The number of benzene rings is 2. The number of ether oxygens (including phenoxy) is 1. The zero-order chi connectivity index (χ0) is 20.2. The second kappa shape index (κ2) is 8.99.